The molecule has 0 aliphatic carbocycles. The highest BCUT2D eigenvalue weighted by Gasteiger charge is 2.08. The Balaban J connectivity index is 2.00. The number of hydrogen-bond acceptors (Lipinski definition) is 5. The molecule has 6 heteroatoms. The molecule has 2 heterocycles. The number of nitrogens with zero attached hydrogens (tertiary/aromatic N) is 4. The molecule has 3 rings (SSSR count). The van der Waals surface area contributed by atoms with Gasteiger partial charge in [0.05, 0.1) is 0 Å². The van der Waals surface area contributed by atoms with Gasteiger partial charge in [0.25, 0.3) is 5.78 Å². The Morgan fingerprint density at radius 3 is 2.80 bits per heavy atom. The van der Waals surface area contributed by atoms with Crippen LogP contribution in [-0.4, -0.2) is 19.6 Å². The molecule has 2 aromatic heterocycles. The van der Waals surface area contributed by atoms with Crippen molar-refractivity contribution in [3.63, 3.8) is 0 Å². The third kappa shape index (κ3) is 2.60. The Kier molecular flexibility index (Phi) is 3.56. The standard InChI is InChI=1S/C14H15N5S/c1-2-3-11-8-13(19-14(18-11)16-9-17-19)20-12-6-4-10(15)5-7-12/h4-9H,2-3,15H2,1H3. The summed E-state index contributed by atoms with van der Waals surface area (Å²) in [6.07, 6.45) is 3.53. The van der Waals surface area contributed by atoms with Gasteiger partial charge < -0.3 is 5.73 Å². The predicted molar refractivity (Wildman–Crippen MR) is 79.8 cm³/mol. The van der Waals surface area contributed by atoms with Crippen LogP contribution in [-0.2, 0) is 6.42 Å². The third-order valence-electron chi connectivity index (χ3n) is 2.88. The fraction of sp³-hybridized carbons (Fsp3) is 0.214. The zero-order valence-electron chi connectivity index (χ0n) is 11.2. The SMILES string of the molecule is CCCc1cc(Sc2ccc(N)cc2)n2ncnc2n1. The van der Waals surface area contributed by atoms with Gasteiger partial charge in [0.1, 0.15) is 11.4 Å². The van der Waals surface area contributed by atoms with Gasteiger partial charge in [-0.15, -0.1) is 0 Å². The molecule has 0 bridgehead atoms. The first-order chi connectivity index (χ1) is 9.76. The Labute approximate surface area is 121 Å². The van der Waals surface area contributed by atoms with Gasteiger partial charge in [-0.3, -0.25) is 0 Å². The molecule has 0 aliphatic rings. The number of nitrogens with two attached hydrogens (primary N) is 1. The maximum absolute atomic E-state index is 5.71. The highest BCUT2D eigenvalue weighted by molar-refractivity contribution is 7.99. The van der Waals surface area contributed by atoms with Crippen molar-refractivity contribution < 1.29 is 0 Å². The molecular weight excluding hydrogens is 270 g/mol. The maximum atomic E-state index is 5.71. The third-order valence-corrected chi connectivity index (χ3v) is 3.89. The lowest BCUT2D eigenvalue weighted by Gasteiger charge is -2.06. The van der Waals surface area contributed by atoms with Crippen LogP contribution in [0.5, 0.6) is 0 Å². The second-order valence-electron chi connectivity index (χ2n) is 4.48. The zero-order chi connectivity index (χ0) is 13.9. The monoisotopic (exact) mass is 285 g/mol. The van der Waals surface area contributed by atoms with Crippen LogP contribution in [0.15, 0.2) is 46.6 Å². The van der Waals surface area contributed by atoms with Gasteiger partial charge in [-0.2, -0.15) is 14.6 Å². The van der Waals surface area contributed by atoms with Crippen molar-refractivity contribution in [3.05, 3.63) is 42.4 Å². The van der Waals surface area contributed by atoms with E-state index in [4.69, 9.17) is 5.73 Å². The van der Waals surface area contributed by atoms with E-state index < -0.39 is 0 Å². The quantitative estimate of drug-likeness (QED) is 0.589. The largest absolute Gasteiger partial charge is 0.399 e. The van der Waals surface area contributed by atoms with Crippen molar-refractivity contribution >= 4 is 23.2 Å². The Bertz CT molecular complexity index is 720. The van der Waals surface area contributed by atoms with Crippen molar-refractivity contribution in [2.24, 2.45) is 0 Å². The number of aromatic nitrogens is 4. The van der Waals surface area contributed by atoms with Crippen LogP contribution < -0.4 is 5.73 Å². The van der Waals surface area contributed by atoms with Crippen LogP contribution in [0.25, 0.3) is 5.78 Å². The summed E-state index contributed by atoms with van der Waals surface area (Å²) in [4.78, 5) is 9.80. The Morgan fingerprint density at radius 2 is 2.05 bits per heavy atom. The fourth-order valence-electron chi connectivity index (χ4n) is 1.95. The first-order valence-corrected chi connectivity index (χ1v) is 7.31. The van der Waals surface area contributed by atoms with E-state index in [9.17, 15) is 0 Å². The van der Waals surface area contributed by atoms with E-state index in [2.05, 4.69) is 28.1 Å². The van der Waals surface area contributed by atoms with E-state index in [1.165, 1.54) is 6.33 Å². The molecule has 2 N–H and O–H groups in total. The number of nitrogen functional groups attached to an aromatic ring is 1. The van der Waals surface area contributed by atoms with Gasteiger partial charge in [-0.1, -0.05) is 25.1 Å². The van der Waals surface area contributed by atoms with Crippen LogP contribution in [0.1, 0.15) is 19.0 Å². The van der Waals surface area contributed by atoms with Gasteiger partial charge >= 0.3 is 0 Å². The number of hydrogen-bond donors (Lipinski definition) is 1. The summed E-state index contributed by atoms with van der Waals surface area (Å²) in [6.45, 7) is 2.14. The first-order valence-electron chi connectivity index (χ1n) is 6.49. The predicted octanol–water partition coefficient (Wildman–Crippen LogP) is 2.81. The summed E-state index contributed by atoms with van der Waals surface area (Å²) in [7, 11) is 0. The van der Waals surface area contributed by atoms with Crippen molar-refractivity contribution in [2.75, 3.05) is 5.73 Å². The Morgan fingerprint density at radius 1 is 1.25 bits per heavy atom. The second-order valence-corrected chi connectivity index (χ2v) is 5.57. The van der Waals surface area contributed by atoms with E-state index >= 15 is 0 Å². The van der Waals surface area contributed by atoms with Gasteiger partial charge in [-0.05, 0) is 36.8 Å². The summed E-state index contributed by atoms with van der Waals surface area (Å²) in [5.41, 5.74) is 7.52. The molecule has 0 fully saturated rings. The maximum Gasteiger partial charge on any atom is 0.253 e. The van der Waals surface area contributed by atoms with Crippen LogP contribution in [0, 0.1) is 0 Å². The number of aryl methyl sites for hydroxylation is 1. The highest BCUT2D eigenvalue weighted by Crippen LogP contribution is 2.28. The molecule has 102 valence electrons. The molecule has 3 aromatic rings. The first kappa shape index (κ1) is 12.9. The van der Waals surface area contributed by atoms with Gasteiger partial charge in [0.2, 0.25) is 0 Å². The average molecular weight is 285 g/mol. The van der Waals surface area contributed by atoms with Gasteiger partial charge in [0, 0.05) is 16.3 Å². The molecule has 0 spiro atoms. The minimum atomic E-state index is 0.647. The fourth-order valence-corrected chi connectivity index (χ4v) is 2.87. The molecular formula is C14H15N5S. The summed E-state index contributed by atoms with van der Waals surface area (Å²) in [5, 5.41) is 5.25. The average Bonchev–Trinajstić information content (AvgIpc) is 2.90. The van der Waals surface area contributed by atoms with Crippen LogP contribution in [0.2, 0.25) is 0 Å². The molecule has 1 aromatic carbocycles. The molecule has 0 saturated heterocycles. The lowest BCUT2D eigenvalue weighted by molar-refractivity contribution is 0.802. The molecule has 0 saturated carbocycles. The number of anilines is 1. The van der Waals surface area contributed by atoms with E-state index in [1.807, 2.05) is 24.3 Å². The molecule has 5 nitrogen and oxygen atoms in total. The van der Waals surface area contributed by atoms with E-state index in [0.717, 1.165) is 34.1 Å². The number of fused-ring (bicyclic) bond motifs is 1. The van der Waals surface area contributed by atoms with E-state index in [-0.39, 0.29) is 0 Å². The van der Waals surface area contributed by atoms with E-state index in [0.29, 0.717) is 5.78 Å². The summed E-state index contributed by atoms with van der Waals surface area (Å²) < 4.78 is 1.76. The molecule has 20 heavy (non-hydrogen) atoms. The summed E-state index contributed by atoms with van der Waals surface area (Å²) in [6, 6.07) is 9.88. The number of benzene rings is 1. The van der Waals surface area contributed by atoms with Crippen LogP contribution in [0.4, 0.5) is 5.69 Å². The van der Waals surface area contributed by atoms with Crippen molar-refractivity contribution in [1.82, 2.24) is 19.6 Å². The molecule has 0 unspecified atom stereocenters. The normalized spacial score (nSPS) is 11.1. The minimum Gasteiger partial charge on any atom is -0.399 e. The summed E-state index contributed by atoms with van der Waals surface area (Å²) >= 11 is 1.64. The van der Waals surface area contributed by atoms with Crippen molar-refractivity contribution in [3.8, 4) is 0 Å². The van der Waals surface area contributed by atoms with Gasteiger partial charge in [0.15, 0.2) is 0 Å². The zero-order valence-corrected chi connectivity index (χ0v) is 12.0. The topological polar surface area (TPSA) is 69.1 Å². The Hall–Kier alpha value is -2.08. The molecule has 0 radical (unpaired) electrons. The molecule has 0 atom stereocenters. The second kappa shape index (κ2) is 5.50. The van der Waals surface area contributed by atoms with Crippen molar-refractivity contribution in [2.45, 2.75) is 29.7 Å². The number of rotatable bonds is 4. The lowest BCUT2D eigenvalue weighted by Crippen LogP contribution is -1.99. The van der Waals surface area contributed by atoms with Crippen LogP contribution in [0.3, 0.4) is 0 Å². The van der Waals surface area contributed by atoms with Gasteiger partial charge in [-0.25, -0.2) is 4.98 Å². The smallest absolute Gasteiger partial charge is 0.253 e. The van der Waals surface area contributed by atoms with Crippen molar-refractivity contribution in [1.29, 1.82) is 0 Å². The lowest BCUT2D eigenvalue weighted by atomic mass is 10.2. The minimum absolute atomic E-state index is 0.647. The van der Waals surface area contributed by atoms with Crippen LogP contribution >= 0.6 is 11.8 Å². The van der Waals surface area contributed by atoms with E-state index in [1.54, 1.807) is 16.3 Å². The summed E-state index contributed by atoms with van der Waals surface area (Å²) in [5.74, 6) is 0.647. The highest BCUT2D eigenvalue weighted by atomic mass is 32.2. The molecule has 0 amide bonds. The molecule has 0 aliphatic heterocycles.